The predicted molar refractivity (Wildman–Crippen MR) is 161 cm³/mol. The van der Waals surface area contributed by atoms with Crippen LogP contribution in [0.15, 0.2) is 78.9 Å². The average Bonchev–Trinajstić information content (AvgIpc) is 3.70. The molecule has 0 bridgehead atoms. The summed E-state index contributed by atoms with van der Waals surface area (Å²) in [6.07, 6.45) is 4.22. The van der Waals surface area contributed by atoms with E-state index < -0.39 is 28.5 Å². The highest BCUT2D eigenvalue weighted by Crippen LogP contribution is 2.36. The number of sulfonamides is 1. The first kappa shape index (κ1) is 29.4. The minimum atomic E-state index is -3.87. The average molecular weight is 592 g/mol. The number of fused-ring (bicyclic) bond motifs is 1. The molecule has 1 atom stereocenters. The SMILES string of the molecule is CCS(=O)(=O)N(CC(=O)N(Cc1ccccc1)C(Cc1ccccc1)C(=O)NC1CCCC1)c1ccc2c(c1)OCO2. The number of carbonyl (C=O) groups is 2. The molecule has 1 aliphatic carbocycles. The van der Waals surface area contributed by atoms with Gasteiger partial charge in [0.1, 0.15) is 12.6 Å². The van der Waals surface area contributed by atoms with Gasteiger partial charge in [-0.25, -0.2) is 8.42 Å². The Bertz CT molecular complexity index is 1480. The summed E-state index contributed by atoms with van der Waals surface area (Å²) in [5, 5.41) is 3.18. The summed E-state index contributed by atoms with van der Waals surface area (Å²) in [6, 6.07) is 23.0. The normalized spacial score (nSPS) is 15.3. The molecule has 1 aliphatic heterocycles. The van der Waals surface area contributed by atoms with Gasteiger partial charge in [0.2, 0.25) is 28.6 Å². The van der Waals surface area contributed by atoms with Crippen molar-refractivity contribution in [3.63, 3.8) is 0 Å². The van der Waals surface area contributed by atoms with E-state index in [0.29, 0.717) is 23.6 Å². The van der Waals surface area contributed by atoms with Crippen molar-refractivity contribution in [2.24, 2.45) is 0 Å². The lowest BCUT2D eigenvalue weighted by Crippen LogP contribution is -2.54. The highest BCUT2D eigenvalue weighted by molar-refractivity contribution is 7.92. The summed E-state index contributed by atoms with van der Waals surface area (Å²) in [7, 11) is -3.87. The van der Waals surface area contributed by atoms with Gasteiger partial charge in [-0.1, -0.05) is 73.5 Å². The van der Waals surface area contributed by atoms with Gasteiger partial charge in [-0.05, 0) is 43.0 Å². The lowest BCUT2D eigenvalue weighted by molar-refractivity contribution is -0.140. The molecule has 2 aliphatic rings. The smallest absolute Gasteiger partial charge is 0.244 e. The highest BCUT2D eigenvalue weighted by Gasteiger charge is 2.35. The zero-order chi connectivity index (χ0) is 29.5. The van der Waals surface area contributed by atoms with Gasteiger partial charge in [-0.2, -0.15) is 0 Å². The third-order valence-electron chi connectivity index (χ3n) is 7.79. The molecule has 1 unspecified atom stereocenters. The number of hydrogen-bond acceptors (Lipinski definition) is 6. The van der Waals surface area contributed by atoms with Gasteiger partial charge in [-0.3, -0.25) is 13.9 Å². The largest absolute Gasteiger partial charge is 0.454 e. The lowest BCUT2D eigenvalue weighted by atomic mass is 10.0. The minimum absolute atomic E-state index is 0.0420. The summed E-state index contributed by atoms with van der Waals surface area (Å²) in [5.41, 5.74) is 2.04. The maximum Gasteiger partial charge on any atom is 0.244 e. The Hall–Kier alpha value is -4.05. The first-order valence-electron chi connectivity index (χ1n) is 14.4. The zero-order valence-electron chi connectivity index (χ0n) is 23.8. The molecule has 0 saturated heterocycles. The zero-order valence-corrected chi connectivity index (χ0v) is 24.6. The van der Waals surface area contributed by atoms with E-state index in [-0.39, 0.29) is 31.0 Å². The molecule has 2 amide bonds. The van der Waals surface area contributed by atoms with Crippen LogP contribution in [0, 0.1) is 0 Å². The number of rotatable bonds is 12. The van der Waals surface area contributed by atoms with E-state index in [2.05, 4.69) is 5.32 Å². The Morgan fingerprint density at radius 1 is 0.905 bits per heavy atom. The number of benzene rings is 3. The van der Waals surface area contributed by atoms with Crippen molar-refractivity contribution < 1.29 is 27.5 Å². The van der Waals surface area contributed by atoms with E-state index in [1.807, 2.05) is 60.7 Å². The van der Waals surface area contributed by atoms with Gasteiger partial charge < -0.3 is 19.7 Å². The molecular weight excluding hydrogens is 554 g/mol. The number of carbonyl (C=O) groups excluding carboxylic acids is 2. The Labute approximate surface area is 247 Å². The van der Waals surface area contributed by atoms with Gasteiger partial charge >= 0.3 is 0 Å². The molecule has 10 heteroatoms. The van der Waals surface area contributed by atoms with Crippen molar-refractivity contribution in [3.05, 3.63) is 90.0 Å². The van der Waals surface area contributed by atoms with Gasteiger partial charge in [-0.15, -0.1) is 0 Å². The quantitative estimate of drug-likeness (QED) is 0.337. The Morgan fingerprint density at radius 3 is 2.21 bits per heavy atom. The Morgan fingerprint density at radius 2 is 1.55 bits per heavy atom. The predicted octanol–water partition coefficient (Wildman–Crippen LogP) is 4.27. The molecule has 1 heterocycles. The van der Waals surface area contributed by atoms with Crippen LogP contribution in [0.1, 0.15) is 43.7 Å². The lowest BCUT2D eigenvalue weighted by Gasteiger charge is -2.34. The molecule has 222 valence electrons. The number of anilines is 1. The molecule has 3 aromatic rings. The van der Waals surface area contributed by atoms with Crippen molar-refractivity contribution >= 4 is 27.5 Å². The molecule has 42 heavy (non-hydrogen) atoms. The summed E-state index contributed by atoms with van der Waals surface area (Å²) in [6.45, 7) is 1.26. The van der Waals surface area contributed by atoms with E-state index in [4.69, 9.17) is 9.47 Å². The molecule has 9 nitrogen and oxygen atoms in total. The third-order valence-corrected chi connectivity index (χ3v) is 9.53. The number of ether oxygens (including phenoxy) is 2. The van der Waals surface area contributed by atoms with Crippen molar-refractivity contribution in [2.45, 2.75) is 57.7 Å². The van der Waals surface area contributed by atoms with Crippen molar-refractivity contribution in [3.8, 4) is 11.5 Å². The van der Waals surface area contributed by atoms with Gasteiger partial charge in [0.25, 0.3) is 0 Å². The van der Waals surface area contributed by atoms with Gasteiger partial charge in [0.05, 0.1) is 11.4 Å². The number of nitrogens with zero attached hydrogens (tertiary/aromatic N) is 2. The van der Waals surface area contributed by atoms with Crippen LogP contribution in [-0.4, -0.2) is 56.3 Å². The molecule has 3 aromatic carbocycles. The van der Waals surface area contributed by atoms with Crippen LogP contribution >= 0.6 is 0 Å². The fraction of sp³-hybridized carbons (Fsp3) is 0.375. The van der Waals surface area contributed by atoms with Crippen LogP contribution in [0.25, 0.3) is 0 Å². The van der Waals surface area contributed by atoms with Crippen LogP contribution in [0.3, 0.4) is 0 Å². The first-order valence-corrected chi connectivity index (χ1v) is 16.0. The monoisotopic (exact) mass is 591 g/mol. The van der Waals surface area contributed by atoms with E-state index in [1.165, 1.54) is 11.8 Å². The summed E-state index contributed by atoms with van der Waals surface area (Å²) in [4.78, 5) is 29.7. The Kier molecular flexibility index (Phi) is 9.31. The molecular formula is C32H37N3O6S. The van der Waals surface area contributed by atoms with Crippen molar-refractivity contribution in [2.75, 3.05) is 23.4 Å². The Balaban J connectivity index is 1.50. The van der Waals surface area contributed by atoms with Crippen LogP contribution < -0.4 is 19.1 Å². The second kappa shape index (κ2) is 13.3. The molecule has 1 fully saturated rings. The number of hydrogen-bond donors (Lipinski definition) is 1. The van der Waals surface area contributed by atoms with Crippen molar-refractivity contribution in [1.82, 2.24) is 10.2 Å². The fourth-order valence-corrected chi connectivity index (χ4v) is 6.52. The molecule has 1 saturated carbocycles. The van der Waals surface area contributed by atoms with Gasteiger partial charge in [0, 0.05) is 25.1 Å². The maximum absolute atomic E-state index is 14.3. The first-order chi connectivity index (χ1) is 20.3. The second-order valence-corrected chi connectivity index (χ2v) is 12.8. The third kappa shape index (κ3) is 7.05. The minimum Gasteiger partial charge on any atom is -0.454 e. The van der Waals surface area contributed by atoms with Crippen LogP contribution in [0.5, 0.6) is 11.5 Å². The van der Waals surface area contributed by atoms with Gasteiger partial charge in [0.15, 0.2) is 11.5 Å². The second-order valence-electron chi connectivity index (χ2n) is 10.6. The maximum atomic E-state index is 14.3. The highest BCUT2D eigenvalue weighted by atomic mass is 32.2. The van der Waals surface area contributed by atoms with Crippen LogP contribution in [0.2, 0.25) is 0 Å². The van der Waals surface area contributed by atoms with Crippen LogP contribution in [-0.2, 0) is 32.6 Å². The van der Waals surface area contributed by atoms with E-state index >= 15 is 0 Å². The number of nitrogens with one attached hydrogen (secondary N) is 1. The molecule has 0 aromatic heterocycles. The molecule has 0 spiro atoms. The van der Waals surface area contributed by atoms with Crippen molar-refractivity contribution in [1.29, 1.82) is 0 Å². The van der Waals surface area contributed by atoms with E-state index in [9.17, 15) is 18.0 Å². The summed E-state index contributed by atoms with van der Waals surface area (Å²) < 4.78 is 38.7. The van der Waals surface area contributed by atoms with E-state index in [1.54, 1.807) is 18.2 Å². The molecule has 0 radical (unpaired) electrons. The topological polar surface area (TPSA) is 105 Å². The molecule has 1 N–H and O–H groups in total. The fourth-order valence-electron chi connectivity index (χ4n) is 5.46. The summed E-state index contributed by atoms with van der Waals surface area (Å²) in [5.74, 6) is 0.00807. The molecule has 5 rings (SSSR count). The van der Waals surface area contributed by atoms with E-state index in [0.717, 1.165) is 41.1 Å². The summed E-state index contributed by atoms with van der Waals surface area (Å²) >= 11 is 0. The van der Waals surface area contributed by atoms with Crippen LogP contribution in [0.4, 0.5) is 5.69 Å². The number of amides is 2. The standard InChI is InChI=1S/C32H37N3O6S/c1-2-42(38,39)35(27-17-18-29-30(20-27)41-23-40-29)22-31(36)34(21-25-13-7-4-8-14-25)28(19-24-11-5-3-6-12-24)32(37)33-26-15-9-10-16-26/h3-8,11-14,17-18,20,26,28H,2,9-10,15-16,19,21-23H2,1H3,(H,33,37).